The van der Waals surface area contributed by atoms with E-state index < -0.39 is 11.5 Å². The fourth-order valence-electron chi connectivity index (χ4n) is 2.43. The highest BCUT2D eigenvalue weighted by molar-refractivity contribution is 6.06. The predicted octanol–water partition coefficient (Wildman–Crippen LogP) is 2.92. The molecule has 0 aliphatic carbocycles. The first-order valence-corrected chi connectivity index (χ1v) is 6.98. The zero-order valence-electron chi connectivity index (χ0n) is 11.9. The number of imidazole rings is 1. The van der Waals surface area contributed by atoms with Crippen LogP contribution in [-0.4, -0.2) is 15.9 Å². The number of carbonyl (C=O) groups is 1. The van der Waals surface area contributed by atoms with Crippen molar-refractivity contribution in [2.45, 2.75) is 0 Å². The van der Waals surface area contributed by atoms with Crippen LogP contribution in [0.5, 0.6) is 0 Å². The Morgan fingerprint density at radius 3 is 2.91 bits per heavy atom. The molecule has 2 aromatic heterocycles. The summed E-state index contributed by atoms with van der Waals surface area (Å²) in [5, 5.41) is 3.39. The van der Waals surface area contributed by atoms with Gasteiger partial charge >= 0.3 is 5.63 Å². The molecular weight excluding hydrogens is 294 g/mol. The van der Waals surface area contributed by atoms with E-state index in [0.29, 0.717) is 16.7 Å². The molecule has 0 bridgehead atoms. The average molecular weight is 305 g/mol. The Balaban J connectivity index is 1.71. The lowest BCUT2D eigenvalue weighted by atomic mass is 10.1. The van der Waals surface area contributed by atoms with E-state index in [4.69, 9.17) is 4.42 Å². The molecule has 0 saturated carbocycles. The summed E-state index contributed by atoms with van der Waals surface area (Å²) >= 11 is 0. The number of hydrogen-bond acceptors (Lipinski definition) is 4. The van der Waals surface area contributed by atoms with Crippen LogP contribution in [0.2, 0.25) is 0 Å². The van der Waals surface area contributed by atoms with Crippen molar-refractivity contribution < 1.29 is 9.21 Å². The Morgan fingerprint density at radius 2 is 2.00 bits per heavy atom. The predicted molar refractivity (Wildman–Crippen MR) is 86.5 cm³/mol. The molecule has 0 radical (unpaired) electrons. The molecule has 0 unspecified atom stereocenters. The summed E-state index contributed by atoms with van der Waals surface area (Å²) in [6.07, 6.45) is 1.58. The van der Waals surface area contributed by atoms with Gasteiger partial charge in [0.2, 0.25) is 0 Å². The number of amides is 1. The standard InChI is InChI=1S/C17H11N3O3/c21-16(20-11-5-6-13-14(8-11)19-9-18-13)12-7-10-3-1-2-4-15(10)23-17(12)22/h1-9H,(H,18,19)(H,20,21). The molecule has 0 atom stereocenters. The van der Waals surface area contributed by atoms with E-state index in [-0.39, 0.29) is 5.56 Å². The minimum Gasteiger partial charge on any atom is -0.422 e. The van der Waals surface area contributed by atoms with E-state index >= 15 is 0 Å². The number of aromatic nitrogens is 2. The molecule has 0 spiro atoms. The third-order valence-corrected chi connectivity index (χ3v) is 3.56. The third-order valence-electron chi connectivity index (χ3n) is 3.56. The van der Waals surface area contributed by atoms with E-state index in [2.05, 4.69) is 15.3 Å². The maximum absolute atomic E-state index is 12.4. The smallest absolute Gasteiger partial charge is 0.349 e. The van der Waals surface area contributed by atoms with Gasteiger partial charge in [-0.1, -0.05) is 18.2 Å². The topological polar surface area (TPSA) is 88.0 Å². The van der Waals surface area contributed by atoms with Crippen LogP contribution in [0.4, 0.5) is 5.69 Å². The van der Waals surface area contributed by atoms with Crippen LogP contribution >= 0.6 is 0 Å². The number of nitrogens with zero attached hydrogens (tertiary/aromatic N) is 1. The van der Waals surface area contributed by atoms with Gasteiger partial charge in [0.1, 0.15) is 11.1 Å². The van der Waals surface area contributed by atoms with Crippen LogP contribution < -0.4 is 10.9 Å². The number of nitrogens with one attached hydrogen (secondary N) is 2. The maximum Gasteiger partial charge on any atom is 0.349 e. The number of fused-ring (bicyclic) bond motifs is 2. The number of rotatable bonds is 2. The van der Waals surface area contributed by atoms with Crippen LogP contribution in [0.3, 0.4) is 0 Å². The number of benzene rings is 2. The number of hydrogen-bond donors (Lipinski definition) is 2. The highest BCUT2D eigenvalue weighted by Crippen LogP contribution is 2.17. The SMILES string of the molecule is O=C(Nc1ccc2nc[nH]c2c1)c1cc2ccccc2oc1=O. The molecule has 4 aromatic rings. The molecule has 2 N–H and O–H groups in total. The highest BCUT2D eigenvalue weighted by Gasteiger charge is 2.14. The van der Waals surface area contributed by atoms with Gasteiger partial charge in [-0.2, -0.15) is 0 Å². The fourth-order valence-corrected chi connectivity index (χ4v) is 2.43. The first-order valence-electron chi connectivity index (χ1n) is 6.98. The van der Waals surface area contributed by atoms with Crippen LogP contribution in [0, 0.1) is 0 Å². The summed E-state index contributed by atoms with van der Waals surface area (Å²) in [4.78, 5) is 31.4. The monoisotopic (exact) mass is 305 g/mol. The van der Waals surface area contributed by atoms with E-state index in [1.54, 1.807) is 42.7 Å². The van der Waals surface area contributed by atoms with Gasteiger partial charge < -0.3 is 14.7 Å². The third kappa shape index (κ3) is 2.36. The van der Waals surface area contributed by atoms with Crippen molar-refractivity contribution in [2.75, 3.05) is 5.32 Å². The van der Waals surface area contributed by atoms with Crippen LogP contribution in [0.1, 0.15) is 10.4 Å². The van der Waals surface area contributed by atoms with Crippen LogP contribution in [0.25, 0.3) is 22.0 Å². The molecule has 6 heteroatoms. The van der Waals surface area contributed by atoms with E-state index in [1.165, 1.54) is 6.07 Å². The van der Waals surface area contributed by atoms with Gasteiger partial charge in [-0.05, 0) is 30.3 Å². The molecule has 2 aromatic carbocycles. The largest absolute Gasteiger partial charge is 0.422 e. The maximum atomic E-state index is 12.4. The Morgan fingerprint density at radius 1 is 1.13 bits per heavy atom. The Labute approximate surface area is 129 Å². The van der Waals surface area contributed by atoms with Gasteiger partial charge in [0.25, 0.3) is 5.91 Å². The Bertz CT molecular complexity index is 1090. The Hall–Kier alpha value is -3.41. The van der Waals surface area contributed by atoms with Gasteiger partial charge in [-0.15, -0.1) is 0 Å². The molecule has 0 fully saturated rings. The van der Waals surface area contributed by atoms with Crippen molar-refractivity contribution in [3.8, 4) is 0 Å². The molecular formula is C17H11N3O3. The molecule has 4 rings (SSSR count). The second kappa shape index (κ2) is 5.10. The zero-order valence-corrected chi connectivity index (χ0v) is 11.9. The first kappa shape index (κ1) is 13.3. The molecule has 112 valence electrons. The second-order valence-electron chi connectivity index (χ2n) is 5.07. The number of H-pyrrole nitrogens is 1. The minimum atomic E-state index is -0.663. The number of para-hydroxylation sites is 1. The molecule has 0 aliphatic rings. The lowest BCUT2D eigenvalue weighted by Crippen LogP contribution is -2.20. The van der Waals surface area contributed by atoms with Crippen molar-refractivity contribution in [1.82, 2.24) is 9.97 Å². The summed E-state index contributed by atoms with van der Waals surface area (Å²) in [6, 6.07) is 13.8. The number of aromatic amines is 1. The second-order valence-corrected chi connectivity index (χ2v) is 5.07. The van der Waals surface area contributed by atoms with Crippen molar-refractivity contribution in [3.63, 3.8) is 0 Å². The van der Waals surface area contributed by atoms with Gasteiger partial charge in [-0.25, -0.2) is 9.78 Å². The molecule has 2 heterocycles. The van der Waals surface area contributed by atoms with E-state index in [9.17, 15) is 9.59 Å². The molecule has 6 nitrogen and oxygen atoms in total. The van der Waals surface area contributed by atoms with Crippen LogP contribution in [-0.2, 0) is 0 Å². The number of anilines is 1. The van der Waals surface area contributed by atoms with Crippen molar-refractivity contribution >= 4 is 33.6 Å². The Kier molecular flexibility index (Phi) is 2.94. The van der Waals surface area contributed by atoms with Gasteiger partial charge in [0.15, 0.2) is 0 Å². The summed E-state index contributed by atoms with van der Waals surface area (Å²) < 4.78 is 5.18. The summed E-state index contributed by atoms with van der Waals surface area (Å²) in [6.45, 7) is 0. The molecule has 23 heavy (non-hydrogen) atoms. The lowest BCUT2D eigenvalue weighted by Gasteiger charge is -2.05. The quantitative estimate of drug-likeness (QED) is 0.557. The van der Waals surface area contributed by atoms with Crippen molar-refractivity contribution in [2.24, 2.45) is 0 Å². The summed E-state index contributed by atoms with van der Waals surface area (Å²) in [5.41, 5.74) is 1.92. The molecule has 0 aliphatic heterocycles. The van der Waals surface area contributed by atoms with Crippen molar-refractivity contribution in [3.05, 3.63) is 70.8 Å². The van der Waals surface area contributed by atoms with E-state index in [1.807, 2.05) is 6.07 Å². The minimum absolute atomic E-state index is 0.0339. The van der Waals surface area contributed by atoms with Gasteiger partial charge in [0.05, 0.1) is 17.4 Å². The van der Waals surface area contributed by atoms with Crippen molar-refractivity contribution in [1.29, 1.82) is 0 Å². The molecule has 0 saturated heterocycles. The van der Waals surface area contributed by atoms with Gasteiger partial charge in [-0.3, -0.25) is 4.79 Å². The average Bonchev–Trinajstić information content (AvgIpc) is 3.01. The summed E-state index contributed by atoms with van der Waals surface area (Å²) in [7, 11) is 0. The fraction of sp³-hybridized carbons (Fsp3) is 0. The summed E-state index contributed by atoms with van der Waals surface area (Å²) in [5.74, 6) is -0.511. The van der Waals surface area contributed by atoms with Gasteiger partial charge in [0, 0.05) is 11.1 Å². The zero-order chi connectivity index (χ0) is 15.8. The van der Waals surface area contributed by atoms with E-state index in [0.717, 1.165) is 11.0 Å². The highest BCUT2D eigenvalue weighted by atomic mass is 16.4. The lowest BCUT2D eigenvalue weighted by molar-refractivity contribution is 0.102. The number of carbonyl (C=O) groups excluding carboxylic acids is 1. The normalized spacial score (nSPS) is 11.0. The molecule has 1 amide bonds. The van der Waals surface area contributed by atoms with Crippen LogP contribution in [0.15, 0.2) is 64.1 Å². The first-order chi connectivity index (χ1) is 11.2.